The van der Waals surface area contributed by atoms with Gasteiger partial charge in [0, 0.05) is 5.57 Å². The average Bonchev–Trinajstić information content (AvgIpc) is 2.25. The molecule has 15 heavy (non-hydrogen) atoms. The molecule has 86 valence electrons. The van der Waals surface area contributed by atoms with Crippen LogP contribution in [0.25, 0.3) is 0 Å². The maximum atomic E-state index is 10.6. The minimum Gasteiger partial charge on any atom is -0.385 e. The summed E-state index contributed by atoms with van der Waals surface area (Å²) >= 11 is 0. The SMILES string of the molecule is CC=C=C(CCCC)C1(O)CCCCC1. The predicted octanol–water partition coefficient (Wildman–Crippen LogP) is 3.97. The number of hydrogen-bond donors (Lipinski definition) is 1. The third-order valence-corrected chi connectivity index (χ3v) is 3.34. The molecule has 1 aliphatic rings. The predicted molar refractivity (Wildman–Crippen MR) is 64.8 cm³/mol. The Hall–Kier alpha value is -0.520. The van der Waals surface area contributed by atoms with Crippen molar-refractivity contribution in [3.8, 4) is 0 Å². The molecule has 1 heteroatoms. The second-order valence-corrected chi connectivity index (χ2v) is 4.61. The minimum absolute atomic E-state index is 0.528. The molecule has 1 aliphatic carbocycles. The molecule has 0 saturated heterocycles. The Kier molecular flexibility index (Phi) is 5.14. The van der Waals surface area contributed by atoms with Gasteiger partial charge in [-0.25, -0.2) is 0 Å². The van der Waals surface area contributed by atoms with Gasteiger partial charge in [-0.05, 0) is 38.7 Å². The van der Waals surface area contributed by atoms with Crippen molar-refractivity contribution in [1.82, 2.24) is 0 Å². The monoisotopic (exact) mass is 208 g/mol. The van der Waals surface area contributed by atoms with Crippen LogP contribution in [0.15, 0.2) is 17.4 Å². The van der Waals surface area contributed by atoms with E-state index in [1.54, 1.807) is 0 Å². The molecular formula is C14H24O. The summed E-state index contributed by atoms with van der Waals surface area (Å²) in [4.78, 5) is 0. The van der Waals surface area contributed by atoms with Crippen LogP contribution in [0.1, 0.15) is 65.2 Å². The molecule has 0 radical (unpaired) electrons. The summed E-state index contributed by atoms with van der Waals surface area (Å²) in [6, 6.07) is 0. The summed E-state index contributed by atoms with van der Waals surface area (Å²) in [7, 11) is 0. The van der Waals surface area contributed by atoms with Gasteiger partial charge in [0.2, 0.25) is 0 Å². The summed E-state index contributed by atoms with van der Waals surface area (Å²) in [5.74, 6) is 0. The van der Waals surface area contributed by atoms with Crippen molar-refractivity contribution in [2.24, 2.45) is 0 Å². The van der Waals surface area contributed by atoms with Gasteiger partial charge in [0.05, 0.1) is 5.60 Å². The Labute approximate surface area is 93.9 Å². The summed E-state index contributed by atoms with van der Waals surface area (Å²) in [6.07, 6.45) is 10.8. The second-order valence-electron chi connectivity index (χ2n) is 4.61. The summed E-state index contributed by atoms with van der Waals surface area (Å²) in [5.41, 5.74) is 3.89. The van der Waals surface area contributed by atoms with Crippen LogP contribution < -0.4 is 0 Å². The molecule has 0 atom stereocenters. The molecule has 0 aliphatic heterocycles. The second kappa shape index (κ2) is 6.15. The van der Waals surface area contributed by atoms with Crippen molar-refractivity contribution < 1.29 is 5.11 Å². The number of aliphatic hydroxyl groups is 1. The van der Waals surface area contributed by atoms with Gasteiger partial charge >= 0.3 is 0 Å². The van der Waals surface area contributed by atoms with Crippen LogP contribution in [0.3, 0.4) is 0 Å². The van der Waals surface area contributed by atoms with Gasteiger partial charge in [-0.15, -0.1) is 5.73 Å². The standard InChI is InChI=1S/C14H24O/c1-3-5-10-13(9-4-2)14(15)11-7-6-8-12-14/h4,15H,3,5-8,10-12H2,1-2H3. The first-order chi connectivity index (χ1) is 7.23. The highest BCUT2D eigenvalue weighted by Gasteiger charge is 2.32. The molecule has 0 aromatic heterocycles. The van der Waals surface area contributed by atoms with Gasteiger partial charge in [0.1, 0.15) is 0 Å². The molecule has 0 spiro atoms. The highest BCUT2D eigenvalue weighted by Crippen LogP contribution is 2.35. The molecule has 1 N–H and O–H groups in total. The van der Waals surface area contributed by atoms with E-state index < -0.39 is 5.60 Å². The average molecular weight is 208 g/mol. The van der Waals surface area contributed by atoms with E-state index in [2.05, 4.69) is 12.7 Å². The Morgan fingerprint density at radius 1 is 1.33 bits per heavy atom. The molecule has 1 rings (SSSR count). The number of hydrogen-bond acceptors (Lipinski definition) is 1. The fraction of sp³-hybridized carbons (Fsp3) is 0.786. The molecule has 0 aromatic rings. The van der Waals surface area contributed by atoms with E-state index in [0.29, 0.717) is 0 Å². The van der Waals surface area contributed by atoms with Gasteiger partial charge in [-0.3, -0.25) is 0 Å². The number of unbranched alkanes of at least 4 members (excludes halogenated alkanes) is 1. The maximum Gasteiger partial charge on any atom is 0.0930 e. The summed E-state index contributed by atoms with van der Waals surface area (Å²) in [6.45, 7) is 4.18. The first kappa shape index (κ1) is 12.5. The van der Waals surface area contributed by atoms with E-state index in [0.717, 1.165) is 37.7 Å². The van der Waals surface area contributed by atoms with Crippen LogP contribution in [0, 0.1) is 0 Å². The van der Waals surface area contributed by atoms with Crippen molar-refractivity contribution in [3.63, 3.8) is 0 Å². The Morgan fingerprint density at radius 3 is 2.53 bits per heavy atom. The molecule has 0 unspecified atom stereocenters. The van der Waals surface area contributed by atoms with Crippen molar-refractivity contribution in [1.29, 1.82) is 0 Å². The molecule has 0 heterocycles. The Balaban J connectivity index is 2.73. The van der Waals surface area contributed by atoms with Gasteiger partial charge in [0.25, 0.3) is 0 Å². The van der Waals surface area contributed by atoms with Crippen LogP contribution in [0.2, 0.25) is 0 Å². The summed E-state index contributed by atoms with van der Waals surface area (Å²) < 4.78 is 0. The van der Waals surface area contributed by atoms with E-state index in [1.165, 1.54) is 19.3 Å². The van der Waals surface area contributed by atoms with Gasteiger partial charge in [0.15, 0.2) is 0 Å². The molecule has 0 aromatic carbocycles. The quantitative estimate of drug-likeness (QED) is 0.693. The third-order valence-electron chi connectivity index (χ3n) is 3.34. The lowest BCUT2D eigenvalue weighted by Crippen LogP contribution is -2.33. The van der Waals surface area contributed by atoms with Crippen LogP contribution in [-0.2, 0) is 0 Å². The van der Waals surface area contributed by atoms with Crippen LogP contribution in [0.4, 0.5) is 0 Å². The fourth-order valence-corrected chi connectivity index (χ4v) is 2.41. The zero-order valence-corrected chi connectivity index (χ0v) is 10.2. The lowest BCUT2D eigenvalue weighted by molar-refractivity contribution is 0.0364. The lowest BCUT2D eigenvalue weighted by atomic mass is 9.78. The zero-order valence-electron chi connectivity index (χ0n) is 10.2. The lowest BCUT2D eigenvalue weighted by Gasteiger charge is -2.33. The number of rotatable bonds is 4. The van der Waals surface area contributed by atoms with Crippen molar-refractivity contribution >= 4 is 0 Å². The molecule has 0 amide bonds. The Bertz CT molecular complexity index is 240. The van der Waals surface area contributed by atoms with Crippen LogP contribution in [0.5, 0.6) is 0 Å². The molecule has 1 saturated carbocycles. The molecule has 1 nitrogen and oxygen atoms in total. The van der Waals surface area contributed by atoms with Crippen LogP contribution in [-0.4, -0.2) is 10.7 Å². The highest BCUT2D eigenvalue weighted by atomic mass is 16.3. The van der Waals surface area contributed by atoms with E-state index in [4.69, 9.17) is 0 Å². The Morgan fingerprint density at radius 2 is 2.00 bits per heavy atom. The van der Waals surface area contributed by atoms with Gasteiger partial charge < -0.3 is 5.11 Å². The van der Waals surface area contributed by atoms with E-state index >= 15 is 0 Å². The van der Waals surface area contributed by atoms with Gasteiger partial charge in [-0.1, -0.05) is 32.6 Å². The van der Waals surface area contributed by atoms with E-state index in [1.807, 2.05) is 13.0 Å². The highest BCUT2D eigenvalue weighted by molar-refractivity contribution is 5.17. The molecular weight excluding hydrogens is 184 g/mol. The van der Waals surface area contributed by atoms with Crippen LogP contribution >= 0.6 is 0 Å². The first-order valence-corrected chi connectivity index (χ1v) is 6.36. The zero-order chi connectivity index (χ0) is 11.1. The fourth-order valence-electron chi connectivity index (χ4n) is 2.41. The third kappa shape index (κ3) is 3.52. The smallest absolute Gasteiger partial charge is 0.0930 e. The normalized spacial score (nSPS) is 19.4. The maximum absolute atomic E-state index is 10.6. The molecule has 1 fully saturated rings. The van der Waals surface area contributed by atoms with Crippen molar-refractivity contribution in [3.05, 3.63) is 17.4 Å². The van der Waals surface area contributed by atoms with Crippen molar-refractivity contribution in [2.75, 3.05) is 0 Å². The van der Waals surface area contributed by atoms with Crippen molar-refractivity contribution in [2.45, 2.75) is 70.8 Å². The minimum atomic E-state index is -0.528. The first-order valence-electron chi connectivity index (χ1n) is 6.36. The van der Waals surface area contributed by atoms with E-state index in [9.17, 15) is 5.11 Å². The summed E-state index contributed by atoms with van der Waals surface area (Å²) in [5, 5.41) is 10.6. The molecule has 0 bridgehead atoms. The largest absolute Gasteiger partial charge is 0.385 e. The van der Waals surface area contributed by atoms with Gasteiger partial charge in [-0.2, -0.15) is 0 Å². The van der Waals surface area contributed by atoms with E-state index in [-0.39, 0.29) is 0 Å². The topological polar surface area (TPSA) is 20.2 Å².